The van der Waals surface area contributed by atoms with E-state index in [9.17, 15) is 10.5 Å². The molecule has 0 radical (unpaired) electrons. The third-order valence-electron chi connectivity index (χ3n) is 4.00. The van der Waals surface area contributed by atoms with Crippen LogP contribution in [0.25, 0.3) is 0 Å². The Hall–Kier alpha value is -3.06. The largest absolute Gasteiger partial charge is 0.198 e. The molecule has 0 fully saturated rings. The Balaban J connectivity index is 5.91. The van der Waals surface area contributed by atoms with Gasteiger partial charge in [-0.1, -0.05) is 0 Å². The highest BCUT2D eigenvalue weighted by Gasteiger charge is 2.51. The predicted octanol–water partition coefficient (Wildman–Crippen LogP) is 3.22. The van der Waals surface area contributed by atoms with Gasteiger partial charge in [0.25, 0.3) is 0 Å². The van der Waals surface area contributed by atoms with Crippen LogP contribution in [-0.4, -0.2) is 0 Å². The zero-order valence-electron chi connectivity index (χ0n) is 12.3. The minimum Gasteiger partial charge on any atom is -0.198 e. The average Bonchev–Trinajstić information content (AvgIpc) is 2.56. The topological polar surface area (TPSA) is 143 Å². The van der Waals surface area contributed by atoms with E-state index in [1.54, 1.807) is 0 Å². The van der Waals surface area contributed by atoms with Gasteiger partial charge in [0, 0.05) is 25.7 Å². The Kier molecular flexibility index (Phi) is 8.42. The van der Waals surface area contributed by atoms with Crippen molar-refractivity contribution in [1.82, 2.24) is 0 Å². The zero-order chi connectivity index (χ0) is 16.9. The van der Waals surface area contributed by atoms with E-state index in [1.807, 2.05) is 24.3 Å². The number of nitriles is 6. The van der Waals surface area contributed by atoms with Crippen LogP contribution in [0.1, 0.15) is 51.4 Å². The molecule has 0 saturated heterocycles. The van der Waals surface area contributed by atoms with E-state index < -0.39 is 10.8 Å². The molecule has 0 aliphatic rings. The molecule has 0 rings (SSSR count). The van der Waals surface area contributed by atoms with Crippen LogP contribution in [0.2, 0.25) is 0 Å². The monoisotopic (exact) mass is 292 g/mol. The minimum absolute atomic E-state index is 0.0848. The summed E-state index contributed by atoms with van der Waals surface area (Å²) >= 11 is 0. The normalized spacial score (nSPS) is 10.1. The highest BCUT2D eigenvalue weighted by molar-refractivity contribution is 5.20. The zero-order valence-corrected chi connectivity index (χ0v) is 12.3. The predicted molar refractivity (Wildman–Crippen MR) is 75.5 cm³/mol. The molecule has 0 aromatic rings. The lowest BCUT2D eigenvalue weighted by molar-refractivity contribution is 0.112. The molecule has 0 bridgehead atoms. The SMILES string of the molecule is N#CCCC(C#N)(CCC#N)C(C#N)(CCC#N)CCC#N. The van der Waals surface area contributed by atoms with Crippen LogP contribution >= 0.6 is 0 Å². The van der Waals surface area contributed by atoms with Gasteiger partial charge in [-0.15, -0.1) is 0 Å². The molecular formula is C16H16N6. The second-order valence-corrected chi connectivity index (χ2v) is 5.02. The van der Waals surface area contributed by atoms with Crippen molar-refractivity contribution in [2.45, 2.75) is 51.4 Å². The summed E-state index contributed by atoms with van der Waals surface area (Å²) in [6, 6.07) is 12.2. The van der Waals surface area contributed by atoms with Crippen LogP contribution in [0.15, 0.2) is 0 Å². The Morgan fingerprint density at radius 3 is 0.818 bits per heavy atom. The van der Waals surface area contributed by atoms with Crippen LogP contribution in [0, 0.1) is 78.8 Å². The standard InChI is InChI=1S/C16H16N6/c17-9-1-5-15(13-21,6-2-10-18)16(14-22,7-3-11-19)8-4-12-20/h1-8H2. The van der Waals surface area contributed by atoms with Gasteiger partial charge in [0.05, 0.1) is 47.2 Å². The molecule has 0 unspecified atom stereocenters. The highest BCUT2D eigenvalue weighted by atomic mass is 14.5. The number of hydrogen-bond acceptors (Lipinski definition) is 6. The van der Waals surface area contributed by atoms with Gasteiger partial charge in [-0.05, 0) is 25.7 Å². The molecule has 0 aromatic heterocycles. The minimum atomic E-state index is -1.19. The van der Waals surface area contributed by atoms with E-state index in [1.165, 1.54) is 0 Å². The summed E-state index contributed by atoms with van der Waals surface area (Å²) in [5, 5.41) is 54.7. The molecule has 6 nitrogen and oxygen atoms in total. The van der Waals surface area contributed by atoms with E-state index in [4.69, 9.17) is 21.0 Å². The van der Waals surface area contributed by atoms with Crippen molar-refractivity contribution < 1.29 is 0 Å². The van der Waals surface area contributed by atoms with E-state index in [-0.39, 0.29) is 51.4 Å². The summed E-state index contributed by atoms with van der Waals surface area (Å²) in [5.74, 6) is 0. The van der Waals surface area contributed by atoms with Gasteiger partial charge in [0.1, 0.15) is 0 Å². The first-order chi connectivity index (χ1) is 10.6. The molecule has 0 heterocycles. The van der Waals surface area contributed by atoms with Crippen molar-refractivity contribution in [3.05, 3.63) is 0 Å². The third kappa shape index (κ3) is 4.22. The third-order valence-corrected chi connectivity index (χ3v) is 4.00. The number of hydrogen-bond donors (Lipinski definition) is 0. The van der Waals surface area contributed by atoms with Crippen LogP contribution < -0.4 is 0 Å². The van der Waals surface area contributed by atoms with E-state index >= 15 is 0 Å². The Morgan fingerprint density at radius 2 is 0.682 bits per heavy atom. The van der Waals surface area contributed by atoms with Crippen LogP contribution in [0.3, 0.4) is 0 Å². The Bertz CT molecular complexity index is 516. The van der Waals surface area contributed by atoms with Gasteiger partial charge in [-0.3, -0.25) is 0 Å². The van der Waals surface area contributed by atoms with Gasteiger partial charge < -0.3 is 0 Å². The maximum Gasteiger partial charge on any atom is 0.0780 e. The lowest BCUT2D eigenvalue weighted by atomic mass is 9.57. The molecular weight excluding hydrogens is 276 g/mol. The van der Waals surface area contributed by atoms with Crippen molar-refractivity contribution in [2.75, 3.05) is 0 Å². The molecule has 110 valence electrons. The maximum absolute atomic E-state index is 9.71. The number of rotatable bonds is 9. The van der Waals surface area contributed by atoms with E-state index in [0.29, 0.717) is 0 Å². The summed E-state index contributed by atoms with van der Waals surface area (Å²) in [6.45, 7) is 0. The fraction of sp³-hybridized carbons (Fsp3) is 0.625. The molecule has 0 saturated carbocycles. The van der Waals surface area contributed by atoms with Crippen molar-refractivity contribution >= 4 is 0 Å². The van der Waals surface area contributed by atoms with Crippen molar-refractivity contribution in [1.29, 1.82) is 31.6 Å². The van der Waals surface area contributed by atoms with Crippen LogP contribution in [0.5, 0.6) is 0 Å². The van der Waals surface area contributed by atoms with Crippen molar-refractivity contribution in [3.63, 3.8) is 0 Å². The fourth-order valence-corrected chi connectivity index (χ4v) is 2.72. The molecule has 0 spiro atoms. The average molecular weight is 292 g/mol. The molecule has 0 N–H and O–H groups in total. The smallest absolute Gasteiger partial charge is 0.0780 e. The maximum atomic E-state index is 9.71. The van der Waals surface area contributed by atoms with Gasteiger partial charge in [0.2, 0.25) is 0 Å². The van der Waals surface area contributed by atoms with Crippen LogP contribution in [-0.2, 0) is 0 Å². The summed E-state index contributed by atoms with van der Waals surface area (Å²) in [5.41, 5.74) is -2.39. The first-order valence-corrected chi connectivity index (χ1v) is 6.92. The van der Waals surface area contributed by atoms with Gasteiger partial charge in [0.15, 0.2) is 0 Å². The fourth-order valence-electron chi connectivity index (χ4n) is 2.72. The van der Waals surface area contributed by atoms with Gasteiger partial charge in [-0.25, -0.2) is 0 Å². The lowest BCUT2D eigenvalue weighted by Crippen LogP contribution is -2.40. The Morgan fingerprint density at radius 1 is 0.455 bits per heavy atom. The van der Waals surface area contributed by atoms with Crippen molar-refractivity contribution in [3.8, 4) is 36.4 Å². The van der Waals surface area contributed by atoms with E-state index in [0.717, 1.165) is 0 Å². The summed E-state index contributed by atoms with van der Waals surface area (Å²) in [7, 11) is 0. The second kappa shape index (κ2) is 9.78. The molecule has 6 heteroatoms. The molecule has 0 atom stereocenters. The number of nitrogens with zero attached hydrogens (tertiary/aromatic N) is 6. The Labute approximate surface area is 131 Å². The van der Waals surface area contributed by atoms with Crippen LogP contribution in [0.4, 0.5) is 0 Å². The summed E-state index contributed by atoms with van der Waals surface area (Å²) in [4.78, 5) is 0. The highest BCUT2D eigenvalue weighted by Crippen LogP contribution is 2.51. The lowest BCUT2D eigenvalue weighted by Gasteiger charge is -2.41. The first-order valence-electron chi connectivity index (χ1n) is 6.92. The first kappa shape index (κ1) is 18.9. The molecule has 22 heavy (non-hydrogen) atoms. The quantitative estimate of drug-likeness (QED) is 0.638. The second-order valence-electron chi connectivity index (χ2n) is 5.02. The molecule has 0 aliphatic carbocycles. The summed E-state index contributed by atoms with van der Waals surface area (Å²) in [6.07, 6.45) is 0.975. The van der Waals surface area contributed by atoms with Gasteiger partial charge >= 0.3 is 0 Å². The van der Waals surface area contributed by atoms with E-state index in [2.05, 4.69) is 12.1 Å². The summed E-state index contributed by atoms with van der Waals surface area (Å²) < 4.78 is 0. The molecule has 0 aliphatic heterocycles. The molecule has 0 amide bonds. The van der Waals surface area contributed by atoms with Gasteiger partial charge in [-0.2, -0.15) is 31.6 Å². The van der Waals surface area contributed by atoms with Crippen molar-refractivity contribution in [2.24, 2.45) is 10.8 Å². The molecule has 0 aromatic carbocycles.